The first-order chi connectivity index (χ1) is 15.1. The largest absolute Gasteiger partial charge is 0.320 e. The first-order valence-corrected chi connectivity index (χ1v) is 10.9. The van der Waals surface area contributed by atoms with Crippen LogP contribution in [0.3, 0.4) is 0 Å². The summed E-state index contributed by atoms with van der Waals surface area (Å²) < 4.78 is 2.11. The van der Waals surface area contributed by atoms with E-state index >= 15 is 0 Å². The number of rotatable bonds is 4. The molecule has 3 N–H and O–H groups in total. The summed E-state index contributed by atoms with van der Waals surface area (Å²) in [6.07, 6.45) is 4.44. The highest BCUT2D eigenvalue weighted by atomic mass is 79.9. The van der Waals surface area contributed by atoms with E-state index in [1.165, 1.54) is 30.0 Å². The molecule has 0 aliphatic rings. The lowest BCUT2D eigenvalue weighted by atomic mass is 10.1. The number of carbonyl (C=O) groups excluding carboxylic acids is 3. The fraction of sp³-hybridized carbons (Fsp3) is 0.100. The van der Waals surface area contributed by atoms with E-state index in [2.05, 4.69) is 37.1 Å². The van der Waals surface area contributed by atoms with Crippen LogP contribution in [0.1, 0.15) is 33.3 Å². The summed E-state index contributed by atoms with van der Waals surface area (Å²) in [5.41, 5.74) is 5.84. The highest BCUT2D eigenvalue weighted by molar-refractivity contribution is 9.10. The van der Waals surface area contributed by atoms with Crippen LogP contribution in [-0.4, -0.2) is 27.3 Å². The predicted molar refractivity (Wildman–Crippen MR) is 127 cm³/mol. The average Bonchev–Trinajstić information content (AvgIpc) is 3.09. The molecule has 0 radical (unpaired) electrons. The number of benzene rings is 1. The first-order valence-electron chi connectivity index (χ1n) is 8.94. The highest BCUT2D eigenvalue weighted by Crippen LogP contribution is 2.32. The quantitative estimate of drug-likeness (QED) is 0.394. The Bertz CT molecular complexity index is 1230. The Morgan fingerprint density at radius 3 is 2.28 bits per heavy atom. The van der Waals surface area contributed by atoms with Gasteiger partial charge in [0.2, 0.25) is 5.91 Å². The third-order valence-electron chi connectivity index (χ3n) is 4.22. The van der Waals surface area contributed by atoms with E-state index in [0.29, 0.717) is 15.7 Å². The minimum absolute atomic E-state index is 0.0641. The lowest BCUT2D eigenvalue weighted by Gasteiger charge is -2.16. The summed E-state index contributed by atoms with van der Waals surface area (Å²) in [6.45, 7) is 2.93. The Balaban J connectivity index is 2.02. The minimum Gasteiger partial charge on any atom is -0.320 e. The number of nitrogens with zero attached hydrogens (tertiary/aromatic N) is 2. The van der Waals surface area contributed by atoms with Gasteiger partial charge in [-0.05, 0) is 46.6 Å². The lowest BCUT2D eigenvalue weighted by molar-refractivity contribution is -0.119. The predicted octanol–water partition coefficient (Wildman–Crippen LogP) is 4.94. The number of hydrazine groups is 1. The van der Waals surface area contributed by atoms with E-state index in [9.17, 15) is 14.4 Å². The number of carbonyl (C=O) groups is 3. The summed E-state index contributed by atoms with van der Waals surface area (Å²) in [5.74, 6) is -1.66. The number of halogens is 4. The molecule has 8 nitrogen and oxygen atoms in total. The van der Waals surface area contributed by atoms with Crippen molar-refractivity contribution >= 4 is 74.1 Å². The monoisotopic (exact) mass is 557 g/mol. The molecule has 3 aromatic rings. The SMILES string of the molecule is CC(=O)NNC(=O)c1cc(Cl)cc(C)c1NC(=O)c1cc(Br)cn1-c1c(Cl)cncc1Cl. The van der Waals surface area contributed by atoms with Crippen LogP contribution >= 0.6 is 50.7 Å². The fourth-order valence-corrected chi connectivity index (χ4v) is 4.14. The van der Waals surface area contributed by atoms with Gasteiger partial charge in [0.1, 0.15) is 5.69 Å². The minimum atomic E-state index is -0.655. The van der Waals surface area contributed by atoms with Gasteiger partial charge in [0, 0.05) is 35.0 Å². The molecular formula is C20H15BrCl3N5O3. The third kappa shape index (κ3) is 5.24. The molecule has 32 heavy (non-hydrogen) atoms. The Morgan fingerprint density at radius 2 is 1.66 bits per heavy atom. The van der Waals surface area contributed by atoms with Crippen LogP contribution in [0.15, 0.2) is 41.3 Å². The summed E-state index contributed by atoms with van der Waals surface area (Å²) >= 11 is 22.0. The number of pyridine rings is 1. The first kappa shape index (κ1) is 24.1. The maximum atomic E-state index is 13.2. The smallest absolute Gasteiger partial charge is 0.272 e. The molecule has 0 unspecified atom stereocenters. The van der Waals surface area contributed by atoms with Gasteiger partial charge in [-0.3, -0.25) is 30.2 Å². The maximum absolute atomic E-state index is 13.2. The Morgan fingerprint density at radius 1 is 1.00 bits per heavy atom. The fourth-order valence-electron chi connectivity index (χ4n) is 2.90. The van der Waals surface area contributed by atoms with Crippen molar-refractivity contribution in [2.24, 2.45) is 0 Å². The Hall–Kier alpha value is -2.59. The lowest BCUT2D eigenvalue weighted by Crippen LogP contribution is -2.40. The van der Waals surface area contributed by atoms with Crippen molar-refractivity contribution in [1.82, 2.24) is 20.4 Å². The van der Waals surface area contributed by atoms with Crippen molar-refractivity contribution in [3.63, 3.8) is 0 Å². The van der Waals surface area contributed by atoms with Crippen molar-refractivity contribution in [2.45, 2.75) is 13.8 Å². The molecule has 0 aliphatic carbocycles. The van der Waals surface area contributed by atoms with Crippen LogP contribution in [0.25, 0.3) is 5.69 Å². The molecule has 0 bridgehead atoms. The van der Waals surface area contributed by atoms with Gasteiger partial charge in [-0.15, -0.1) is 0 Å². The van der Waals surface area contributed by atoms with Crippen LogP contribution in [-0.2, 0) is 4.79 Å². The van der Waals surface area contributed by atoms with E-state index < -0.39 is 17.7 Å². The van der Waals surface area contributed by atoms with Gasteiger partial charge in [0.05, 0.1) is 27.0 Å². The number of nitrogens with one attached hydrogen (secondary N) is 3. The molecule has 166 valence electrons. The second kappa shape index (κ2) is 9.91. The van der Waals surface area contributed by atoms with Gasteiger partial charge in [0.25, 0.3) is 11.8 Å². The molecule has 3 amide bonds. The van der Waals surface area contributed by atoms with Crippen molar-refractivity contribution in [1.29, 1.82) is 0 Å². The molecular weight excluding hydrogens is 545 g/mol. The van der Waals surface area contributed by atoms with Crippen molar-refractivity contribution in [2.75, 3.05) is 5.32 Å². The van der Waals surface area contributed by atoms with Crippen molar-refractivity contribution in [3.05, 3.63) is 73.2 Å². The van der Waals surface area contributed by atoms with Crippen LogP contribution in [0.5, 0.6) is 0 Å². The highest BCUT2D eigenvalue weighted by Gasteiger charge is 2.22. The maximum Gasteiger partial charge on any atom is 0.272 e. The number of hydrogen-bond donors (Lipinski definition) is 3. The Kier molecular flexibility index (Phi) is 7.45. The number of anilines is 1. The zero-order valence-electron chi connectivity index (χ0n) is 16.6. The van der Waals surface area contributed by atoms with Gasteiger partial charge in [0.15, 0.2) is 0 Å². The van der Waals surface area contributed by atoms with Crippen molar-refractivity contribution < 1.29 is 14.4 Å². The van der Waals surface area contributed by atoms with Gasteiger partial charge >= 0.3 is 0 Å². The van der Waals surface area contributed by atoms with E-state index in [4.69, 9.17) is 34.8 Å². The average molecular weight is 560 g/mol. The number of hydrogen-bond acceptors (Lipinski definition) is 4. The van der Waals surface area contributed by atoms with E-state index in [1.807, 2.05) is 0 Å². The van der Waals surface area contributed by atoms with Crippen LogP contribution in [0, 0.1) is 6.92 Å². The standard InChI is InChI=1S/C20H15BrCl3N5O3/c1-9-3-12(22)5-13(19(31)28-27-10(2)30)17(9)26-20(32)16-4-11(21)8-29(16)18-14(23)6-25-7-15(18)24/h3-8H,1-2H3,(H,26,32)(H,27,30)(H,28,31). The summed E-state index contributed by atoms with van der Waals surface area (Å²) in [5, 5.41) is 3.51. The second-order valence-corrected chi connectivity index (χ2v) is 8.77. The summed E-state index contributed by atoms with van der Waals surface area (Å²) in [6, 6.07) is 4.55. The Labute approximate surface area is 206 Å². The molecule has 12 heteroatoms. The van der Waals surface area contributed by atoms with Gasteiger partial charge in [-0.25, -0.2) is 0 Å². The topological polar surface area (TPSA) is 105 Å². The molecule has 1 aromatic carbocycles. The number of aryl methyl sites for hydroxylation is 1. The molecule has 0 atom stereocenters. The van der Waals surface area contributed by atoms with Crippen LogP contribution in [0.2, 0.25) is 15.1 Å². The molecule has 2 heterocycles. The molecule has 0 saturated carbocycles. The summed E-state index contributed by atoms with van der Waals surface area (Å²) in [7, 11) is 0. The van der Waals surface area contributed by atoms with E-state index in [-0.39, 0.29) is 32.0 Å². The summed E-state index contributed by atoms with van der Waals surface area (Å²) in [4.78, 5) is 40.9. The molecule has 0 aliphatic heterocycles. The second-order valence-electron chi connectivity index (χ2n) is 6.60. The molecule has 0 fully saturated rings. The van der Waals surface area contributed by atoms with Crippen LogP contribution in [0.4, 0.5) is 5.69 Å². The third-order valence-corrected chi connectivity index (χ3v) is 5.43. The van der Waals surface area contributed by atoms with Gasteiger partial charge < -0.3 is 9.88 Å². The van der Waals surface area contributed by atoms with Gasteiger partial charge in [-0.1, -0.05) is 34.8 Å². The number of aromatic nitrogens is 2. The van der Waals surface area contributed by atoms with E-state index in [0.717, 1.165) is 0 Å². The molecule has 2 aromatic heterocycles. The van der Waals surface area contributed by atoms with E-state index in [1.54, 1.807) is 25.3 Å². The zero-order chi connectivity index (χ0) is 23.6. The van der Waals surface area contributed by atoms with Crippen LogP contribution < -0.4 is 16.2 Å². The molecule has 0 saturated heterocycles. The van der Waals surface area contributed by atoms with Gasteiger partial charge in [-0.2, -0.15) is 0 Å². The zero-order valence-corrected chi connectivity index (χ0v) is 20.4. The molecule has 3 rings (SSSR count). The number of amides is 3. The normalized spacial score (nSPS) is 10.6. The molecule has 0 spiro atoms. The van der Waals surface area contributed by atoms with Crippen molar-refractivity contribution in [3.8, 4) is 5.69 Å².